The molecule has 1 aromatic heterocycles. The average Bonchev–Trinajstić information content (AvgIpc) is 2.38. The topological polar surface area (TPSA) is 47.0 Å². The van der Waals surface area contributed by atoms with Gasteiger partial charge in [0, 0.05) is 5.69 Å². The first-order chi connectivity index (χ1) is 9.01. The van der Waals surface area contributed by atoms with Crippen molar-refractivity contribution in [2.24, 2.45) is 0 Å². The van der Waals surface area contributed by atoms with Crippen LogP contribution >= 0.6 is 39.1 Å². The summed E-state index contributed by atoms with van der Waals surface area (Å²) in [6, 6.07) is 2.78. The molecule has 0 atom stereocenters. The van der Waals surface area contributed by atoms with Gasteiger partial charge in [-0.15, -0.1) is 0 Å². The summed E-state index contributed by atoms with van der Waals surface area (Å²) in [7, 11) is 1.49. The van der Waals surface area contributed by atoms with Crippen LogP contribution in [0.25, 0.3) is 0 Å². The molecule has 4 nitrogen and oxygen atoms in total. The first kappa shape index (κ1) is 14.3. The molecule has 2 rings (SSSR count). The molecule has 19 heavy (non-hydrogen) atoms. The molecule has 0 aliphatic heterocycles. The molecule has 0 saturated heterocycles. The van der Waals surface area contributed by atoms with Crippen molar-refractivity contribution < 1.29 is 9.13 Å². The summed E-state index contributed by atoms with van der Waals surface area (Å²) in [5, 5.41) is 2.69. The van der Waals surface area contributed by atoms with E-state index in [4.69, 9.17) is 27.9 Å². The number of ether oxygens (including phenoxy) is 1. The molecule has 2 aromatic rings. The van der Waals surface area contributed by atoms with Crippen LogP contribution in [0, 0.1) is 5.82 Å². The highest BCUT2D eigenvalue weighted by atomic mass is 79.9. The summed E-state index contributed by atoms with van der Waals surface area (Å²) < 4.78 is 18.9. The van der Waals surface area contributed by atoms with Crippen molar-refractivity contribution in [1.82, 2.24) is 9.97 Å². The molecule has 0 radical (unpaired) electrons. The van der Waals surface area contributed by atoms with Crippen molar-refractivity contribution in [2.45, 2.75) is 0 Å². The predicted octanol–water partition coefficient (Wildman–Crippen LogP) is 4.44. The Balaban J connectivity index is 2.31. The highest BCUT2D eigenvalue weighted by Crippen LogP contribution is 2.29. The van der Waals surface area contributed by atoms with E-state index in [2.05, 4.69) is 31.2 Å². The van der Waals surface area contributed by atoms with Gasteiger partial charge in [-0.3, -0.25) is 0 Å². The maximum atomic E-state index is 13.3. The van der Waals surface area contributed by atoms with E-state index in [1.54, 1.807) is 0 Å². The molecule has 0 amide bonds. The fourth-order valence-electron chi connectivity index (χ4n) is 1.31. The summed E-state index contributed by atoms with van der Waals surface area (Å²) in [5.74, 6) is -0.0150. The van der Waals surface area contributed by atoms with Crippen LogP contribution in [0.4, 0.5) is 16.0 Å². The molecule has 100 valence electrons. The molecule has 0 aliphatic carbocycles. The van der Waals surface area contributed by atoms with Gasteiger partial charge in [-0.05, 0) is 28.1 Å². The van der Waals surface area contributed by atoms with Gasteiger partial charge in [0.1, 0.15) is 0 Å². The second kappa shape index (κ2) is 5.90. The molecule has 8 heteroatoms. The summed E-state index contributed by atoms with van der Waals surface area (Å²) in [6.45, 7) is 0. The number of benzene rings is 1. The first-order valence-corrected chi connectivity index (χ1v) is 6.54. The molecule has 0 spiro atoms. The molecule has 0 saturated carbocycles. The summed E-state index contributed by atoms with van der Waals surface area (Å²) in [6.07, 6.45) is 1.53. The maximum absolute atomic E-state index is 13.3. The Hall–Kier alpha value is -1.11. The Morgan fingerprint density at radius 1 is 1.32 bits per heavy atom. The van der Waals surface area contributed by atoms with Crippen LogP contribution < -0.4 is 10.1 Å². The second-order valence-electron chi connectivity index (χ2n) is 3.43. The summed E-state index contributed by atoms with van der Waals surface area (Å²) in [4.78, 5) is 8.13. The third-order valence-corrected chi connectivity index (χ3v) is 3.24. The summed E-state index contributed by atoms with van der Waals surface area (Å²) >= 11 is 14.6. The minimum Gasteiger partial charge on any atom is -0.480 e. The smallest absolute Gasteiger partial charge is 0.232 e. The molecule has 1 aromatic carbocycles. The Kier molecular flexibility index (Phi) is 4.44. The number of hydrogen-bond acceptors (Lipinski definition) is 4. The largest absolute Gasteiger partial charge is 0.480 e. The van der Waals surface area contributed by atoms with Gasteiger partial charge in [-0.2, -0.15) is 4.98 Å². The number of methoxy groups -OCH3 is 1. The molecular formula is C11H7BrCl2FN3O. The van der Waals surface area contributed by atoms with E-state index in [9.17, 15) is 4.39 Å². The lowest BCUT2D eigenvalue weighted by Crippen LogP contribution is -1.99. The minimum absolute atomic E-state index is 0.0842. The van der Waals surface area contributed by atoms with Gasteiger partial charge in [0.25, 0.3) is 0 Å². The normalized spacial score (nSPS) is 10.4. The van der Waals surface area contributed by atoms with Crippen LogP contribution in [0.1, 0.15) is 0 Å². The molecule has 0 aliphatic rings. The van der Waals surface area contributed by atoms with Gasteiger partial charge in [0.15, 0.2) is 5.82 Å². The van der Waals surface area contributed by atoms with Crippen molar-refractivity contribution in [3.05, 3.63) is 38.7 Å². The number of halogens is 4. The zero-order valence-corrected chi connectivity index (χ0v) is 12.6. The predicted molar refractivity (Wildman–Crippen MR) is 76.0 cm³/mol. The lowest BCUT2D eigenvalue weighted by molar-refractivity contribution is 0.394. The van der Waals surface area contributed by atoms with Crippen molar-refractivity contribution in [3.8, 4) is 5.88 Å². The Morgan fingerprint density at radius 3 is 2.53 bits per heavy atom. The number of anilines is 2. The quantitative estimate of drug-likeness (QED) is 0.816. The van der Waals surface area contributed by atoms with Crippen LogP contribution in [0.3, 0.4) is 0 Å². The van der Waals surface area contributed by atoms with Crippen LogP contribution in [-0.2, 0) is 0 Å². The molecule has 0 fully saturated rings. The fraction of sp³-hybridized carbons (Fsp3) is 0.0909. The Labute approximate surface area is 127 Å². The van der Waals surface area contributed by atoms with Crippen molar-refractivity contribution in [2.75, 3.05) is 12.4 Å². The highest BCUT2D eigenvalue weighted by Gasteiger charge is 2.10. The fourth-order valence-corrected chi connectivity index (χ4v) is 2.15. The number of nitrogens with one attached hydrogen (secondary N) is 1. The third-order valence-electron chi connectivity index (χ3n) is 2.15. The SMILES string of the molecule is COc1nc(Nc2cc(Cl)c(F)c(Cl)c2)ncc1Br. The number of rotatable bonds is 3. The number of hydrogen-bond donors (Lipinski definition) is 1. The van der Waals surface area contributed by atoms with Crippen LogP contribution in [0.2, 0.25) is 10.0 Å². The van der Waals surface area contributed by atoms with E-state index in [-0.39, 0.29) is 16.0 Å². The van der Waals surface area contributed by atoms with E-state index in [1.165, 1.54) is 25.4 Å². The van der Waals surface area contributed by atoms with Crippen molar-refractivity contribution in [1.29, 1.82) is 0 Å². The highest BCUT2D eigenvalue weighted by molar-refractivity contribution is 9.10. The van der Waals surface area contributed by atoms with E-state index in [1.807, 2.05) is 0 Å². The van der Waals surface area contributed by atoms with Gasteiger partial charge in [0.2, 0.25) is 11.8 Å². The van der Waals surface area contributed by atoms with E-state index < -0.39 is 5.82 Å². The third kappa shape index (κ3) is 3.26. The lowest BCUT2D eigenvalue weighted by Gasteiger charge is -2.08. The van der Waals surface area contributed by atoms with Crippen LogP contribution in [-0.4, -0.2) is 17.1 Å². The van der Waals surface area contributed by atoms with Crippen molar-refractivity contribution >= 4 is 50.8 Å². The molecular weight excluding hydrogens is 360 g/mol. The van der Waals surface area contributed by atoms with Crippen LogP contribution in [0.5, 0.6) is 5.88 Å². The summed E-state index contributed by atoms with van der Waals surface area (Å²) in [5.41, 5.74) is 0.473. The number of nitrogens with zero attached hydrogens (tertiary/aromatic N) is 2. The molecule has 0 unspecified atom stereocenters. The standard InChI is InChI=1S/C11H7BrCl2FN3O/c1-19-10-6(12)4-16-11(18-10)17-5-2-7(13)9(15)8(14)3-5/h2-4H,1H3,(H,16,17,18). The van der Waals surface area contributed by atoms with Crippen molar-refractivity contribution in [3.63, 3.8) is 0 Å². The van der Waals surface area contributed by atoms with Gasteiger partial charge < -0.3 is 10.1 Å². The molecule has 0 bridgehead atoms. The Bertz CT molecular complexity index is 604. The minimum atomic E-state index is -0.664. The zero-order valence-electron chi connectivity index (χ0n) is 9.55. The molecule has 1 heterocycles. The van der Waals surface area contributed by atoms with Gasteiger partial charge in [0.05, 0.1) is 27.8 Å². The maximum Gasteiger partial charge on any atom is 0.232 e. The van der Waals surface area contributed by atoms with Crippen LogP contribution in [0.15, 0.2) is 22.8 Å². The van der Waals surface area contributed by atoms with E-state index >= 15 is 0 Å². The first-order valence-electron chi connectivity index (χ1n) is 4.99. The van der Waals surface area contributed by atoms with Gasteiger partial charge >= 0.3 is 0 Å². The van der Waals surface area contributed by atoms with Gasteiger partial charge in [-0.1, -0.05) is 23.2 Å². The van der Waals surface area contributed by atoms with E-state index in [0.717, 1.165) is 0 Å². The average molecular weight is 367 g/mol. The Morgan fingerprint density at radius 2 is 1.95 bits per heavy atom. The second-order valence-corrected chi connectivity index (χ2v) is 5.10. The van der Waals surface area contributed by atoms with E-state index in [0.29, 0.717) is 16.0 Å². The zero-order chi connectivity index (χ0) is 14.0. The van der Waals surface area contributed by atoms with Gasteiger partial charge in [-0.25, -0.2) is 9.37 Å². The number of aromatic nitrogens is 2. The molecule has 1 N–H and O–H groups in total. The lowest BCUT2D eigenvalue weighted by atomic mass is 10.3. The monoisotopic (exact) mass is 365 g/mol.